The highest BCUT2D eigenvalue weighted by Crippen LogP contribution is 2.42. The highest BCUT2D eigenvalue weighted by molar-refractivity contribution is 5.40. The van der Waals surface area contributed by atoms with Gasteiger partial charge >= 0.3 is 0 Å². The summed E-state index contributed by atoms with van der Waals surface area (Å²) in [5.41, 5.74) is 9.67. The quantitative estimate of drug-likeness (QED) is 0.703. The number of hydrogen-bond donors (Lipinski definition) is 2. The van der Waals surface area contributed by atoms with Crippen LogP contribution in [0.1, 0.15) is 35.2 Å². The molecule has 1 heterocycles. The van der Waals surface area contributed by atoms with Crippen LogP contribution < -0.4 is 11.3 Å². The Morgan fingerprint density at radius 2 is 1.79 bits per heavy atom. The smallest absolute Gasteiger partial charge is 0.253 e. The van der Waals surface area contributed by atoms with Gasteiger partial charge in [0.15, 0.2) is 0 Å². The average Bonchev–Trinajstić information content (AvgIpc) is 2.80. The van der Waals surface area contributed by atoms with Crippen LogP contribution in [0, 0.1) is 20.8 Å². The summed E-state index contributed by atoms with van der Waals surface area (Å²) in [7, 11) is 0. The Balaban J connectivity index is 2.72. The summed E-state index contributed by atoms with van der Waals surface area (Å²) in [6.07, 6.45) is 1.86. The van der Waals surface area contributed by atoms with E-state index in [1.807, 2.05) is 20.8 Å². The van der Waals surface area contributed by atoms with E-state index < -0.39 is 0 Å². The van der Waals surface area contributed by atoms with Crippen LogP contribution in [0.4, 0.5) is 0 Å². The predicted octanol–water partition coefficient (Wildman–Crippen LogP) is 1.25. The van der Waals surface area contributed by atoms with Crippen LogP contribution in [0.25, 0.3) is 0 Å². The van der Waals surface area contributed by atoms with E-state index in [2.05, 4.69) is 4.98 Å². The van der Waals surface area contributed by atoms with Crippen molar-refractivity contribution in [2.45, 2.75) is 39.2 Å². The SMILES string of the molecule is Cc1[nH]c(=O)c(C2(N)CC2)c(C)c1C. The topological polar surface area (TPSA) is 58.9 Å². The Kier molecular flexibility index (Phi) is 1.83. The first-order valence-electron chi connectivity index (χ1n) is 4.95. The van der Waals surface area contributed by atoms with Crippen molar-refractivity contribution >= 4 is 0 Å². The molecule has 76 valence electrons. The lowest BCUT2D eigenvalue weighted by Gasteiger charge is -2.14. The number of H-pyrrole nitrogens is 1. The third-order valence-corrected chi connectivity index (χ3v) is 3.31. The number of nitrogens with one attached hydrogen (secondary N) is 1. The maximum atomic E-state index is 11.8. The van der Waals surface area contributed by atoms with E-state index in [9.17, 15) is 4.79 Å². The van der Waals surface area contributed by atoms with Crippen molar-refractivity contribution in [1.82, 2.24) is 4.98 Å². The zero-order valence-corrected chi connectivity index (χ0v) is 8.90. The van der Waals surface area contributed by atoms with E-state index in [-0.39, 0.29) is 11.1 Å². The first kappa shape index (κ1) is 9.46. The van der Waals surface area contributed by atoms with Gasteiger partial charge in [0.25, 0.3) is 5.56 Å². The van der Waals surface area contributed by atoms with Gasteiger partial charge in [-0.05, 0) is 44.7 Å². The summed E-state index contributed by atoms with van der Waals surface area (Å²) >= 11 is 0. The second-order valence-corrected chi connectivity index (χ2v) is 4.36. The van der Waals surface area contributed by atoms with Gasteiger partial charge in [0, 0.05) is 16.8 Å². The van der Waals surface area contributed by atoms with E-state index in [1.165, 1.54) is 0 Å². The molecule has 0 bridgehead atoms. The van der Waals surface area contributed by atoms with Crippen molar-refractivity contribution in [3.8, 4) is 0 Å². The van der Waals surface area contributed by atoms with Gasteiger partial charge < -0.3 is 10.7 Å². The van der Waals surface area contributed by atoms with Crippen LogP contribution in [0.15, 0.2) is 4.79 Å². The van der Waals surface area contributed by atoms with Crippen LogP contribution in [-0.4, -0.2) is 4.98 Å². The molecule has 1 aromatic rings. The molecule has 3 N–H and O–H groups in total. The molecule has 1 aliphatic carbocycles. The van der Waals surface area contributed by atoms with Gasteiger partial charge in [-0.3, -0.25) is 4.79 Å². The molecule has 0 saturated heterocycles. The monoisotopic (exact) mass is 192 g/mol. The second-order valence-electron chi connectivity index (χ2n) is 4.36. The van der Waals surface area contributed by atoms with E-state index in [1.54, 1.807) is 0 Å². The minimum absolute atomic E-state index is 0.00870. The van der Waals surface area contributed by atoms with Crippen molar-refractivity contribution in [3.05, 3.63) is 32.7 Å². The lowest BCUT2D eigenvalue weighted by molar-refractivity contribution is 0.713. The molecule has 0 aromatic carbocycles. The Morgan fingerprint density at radius 1 is 1.21 bits per heavy atom. The summed E-state index contributed by atoms with van der Waals surface area (Å²) in [6.45, 7) is 5.93. The predicted molar refractivity (Wildman–Crippen MR) is 56.4 cm³/mol. The molecule has 0 amide bonds. The van der Waals surface area contributed by atoms with Crippen molar-refractivity contribution in [3.63, 3.8) is 0 Å². The lowest BCUT2D eigenvalue weighted by Crippen LogP contribution is -2.30. The maximum Gasteiger partial charge on any atom is 0.253 e. The number of nitrogens with two attached hydrogens (primary N) is 1. The fraction of sp³-hybridized carbons (Fsp3) is 0.545. The lowest BCUT2D eigenvalue weighted by atomic mass is 9.97. The van der Waals surface area contributed by atoms with E-state index in [0.29, 0.717) is 0 Å². The minimum atomic E-state index is -0.337. The van der Waals surface area contributed by atoms with Crippen LogP contribution in [-0.2, 0) is 5.54 Å². The van der Waals surface area contributed by atoms with E-state index in [4.69, 9.17) is 5.73 Å². The Morgan fingerprint density at radius 3 is 2.29 bits per heavy atom. The average molecular weight is 192 g/mol. The number of pyridine rings is 1. The highest BCUT2D eigenvalue weighted by atomic mass is 16.1. The fourth-order valence-corrected chi connectivity index (χ4v) is 1.95. The summed E-state index contributed by atoms with van der Waals surface area (Å²) < 4.78 is 0. The van der Waals surface area contributed by atoms with E-state index >= 15 is 0 Å². The molecule has 2 rings (SSSR count). The molecule has 1 fully saturated rings. The molecule has 0 spiro atoms. The number of rotatable bonds is 1. The van der Waals surface area contributed by atoms with Gasteiger partial charge in [0.2, 0.25) is 0 Å². The Bertz CT molecular complexity index is 441. The number of aryl methyl sites for hydroxylation is 1. The van der Waals surface area contributed by atoms with Crippen molar-refractivity contribution < 1.29 is 0 Å². The van der Waals surface area contributed by atoms with Crippen LogP contribution in [0.5, 0.6) is 0 Å². The normalized spacial score (nSPS) is 18.3. The van der Waals surface area contributed by atoms with Gasteiger partial charge in [0.1, 0.15) is 0 Å². The molecule has 0 unspecified atom stereocenters. The zero-order chi connectivity index (χ0) is 10.5. The summed E-state index contributed by atoms with van der Waals surface area (Å²) in [5, 5.41) is 0. The number of aromatic nitrogens is 1. The summed E-state index contributed by atoms with van der Waals surface area (Å²) in [4.78, 5) is 14.6. The van der Waals surface area contributed by atoms with Crippen molar-refractivity contribution in [1.29, 1.82) is 0 Å². The number of aromatic amines is 1. The zero-order valence-electron chi connectivity index (χ0n) is 8.90. The number of hydrogen-bond acceptors (Lipinski definition) is 2. The molecule has 0 radical (unpaired) electrons. The molecule has 0 atom stereocenters. The van der Waals surface area contributed by atoms with Gasteiger partial charge in [-0.25, -0.2) is 0 Å². The summed E-state index contributed by atoms with van der Waals surface area (Å²) in [6, 6.07) is 0. The van der Waals surface area contributed by atoms with Crippen LogP contribution in [0.3, 0.4) is 0 Å². The third kappa shape index (κ3) is 1.20. The first-order valence-corrected chi connectivity index (χ1v) is 4.95. The molecule has 1 saturated carbocycles. The maximum absolute atomic E-state index is 11.8. The third-order valence-electron chi connectivity index (χ3n) is 3.31. The van der Waals surface area contributed by atoms with Gasteiger partial charge in [-0.1, -0.05) is 0 Å². The molecule has 3 nitrogen and oxygen atoms in total. The van der Waals surface area contributed by atoms with Gasteiger partial charge in [0.05, 0.1) is 0 Å². The Labute approximate surface area is 83.3 Å². The highest BCUT2D eigenvalue weighted by Gasteiger charge is 2.43. The molecule has 0 aliphatic heterocycles. The molecule has 3 heteroatoms. The standard InChI is InChI=1S/C11H16N2O/c1-6-7(2)9(11(12)4-5-11)10(14)13-8(6)3/h4-5,12H2,1-3H3,(H,13,14). The second kappa shape index (κ2) is 2.70. The minimum Gasteiger partial charge on any atom is -0.326 e. The van der Waals surface area contributed by atoms with Crippen molar-refractivity contribution in [2.75, 3.05) is 0 Å². The van der Waals surface area contributed by atoms with Crippen molar-refractivity contribution in [2.24, 2.45) is 5.73 Å². The summed E-state index contributed by atoms with van der Waals surface area (Å²) in [5.74, 6) is 0. The van der Waals surface area contributed by atoms with Crippen LogP contribution in [0.2, 0.25) is 0 Å². The van der Waals surface area contributed by atoms with E-state index in [0.717, 1.165) is 35.2 Å². The fourth-order valence-electron chi connectivity index (χ4n) is 1.95. The van der Waals surface area contributed by atoms with Gasteiger partial charge in [-0.2, -0.15) is 0 Å². The van der Waals surface area contributed by atoms with Gasteiger partial charge in [-0.15, -0.1) is 0 Å². The first-order chi connectivity index (χ1) is 6.46. The molecule has 1 aromatic heterocycles. The Hall–Kier alpha value is -1.09. The molecular formula is C11H16N2O. The molecular weight excluding hydrogens is 176 g/mol. The largest absolute Gasteiger partial charge is 0.326 e. The van der Waals surface area contributed by atoms with Crippen LogP contribution >= 0.6 is 0 Å². The molecule has 14 heavy (non-hydrogen) atoms. The molecule has 1 aliphatic rings.